The number of amides is 2. The van der Waals surface area contributed by atoms with Crippen molar-refractivity contribution in [2.24, 2.45) is 17.6 Å². The molecule has 3 rings (SSSR count). The Morgan fingerprint density at radius 3 is 2.64 bits per heavy atom. The number of carbonyl (C=O) groups is 1. The lowest BCUT2D eigenvalue weighted by molar-refractivity contribution is -0.136. The third-order valence-corrected chi connectivity index (χ3v) is 4.67. The molecule has 3 atom stereocenters. The Labute approximate surface area is 126 Å². The predicted molar refractivity (Wildman–Crippen MR) is 76.2 cm³/mol. The number of rotatable bonds is 1. The summed E-state index contributed by atoms with van der Waals surface area (Å²) in [6.45, 7) is 1.09. The first-order chi connectivity index (χ1) is 10.4. The van der Waals surface area contributed by atoms with Gasteiger partial charge in [0.2, 0.25) is 0 Å². The van der Waals surface area contributed by atoms with E-state index in [1.54, 1.807) is 4.90 Å². The van der Waals surface area contributed by atoms with Gasteiger partial charge in [0, 0.05) is 19.1 Å². The largest absolute Gasteiger partial charge is 0.418 e. The highest BCUT2D eigenvalue weighted by Crippen LogP contribution is 2.38. The van der Waals surface area contributed by atoms with Gasteiger partial charge in [-0.1, -0.05) is 12.1 Å². The second kappa shape index (κ2) is 5.46. The molecule has 0 spiro atoms. The average Bonchev–Trinajstić information content (AvgIpc) is 3.01. The SMILES string of the molecule is NC1CCC2CN(C(=O)Nc3ccccc3C(F)(F)F)CC12. The summed E-state index contributed by atoms with van der Waals surface area (Å²) in [7, 11) is 0. The Bertz CT molecular complexity index is 575. The summed E-state index contributed by atoms with van der Waals surface area (Å²) in [5, 5.41) is 2.39. The number of likely N-dealkylation sites (tertiary alicyclic amines) is 1. The number of hydrogen-bond donors (Lipinski definition) is 2. The Morgan fingerprint density at radius 1 is 1.23 bits per heavy atom. The van der Waals surface area contributed by atoms with Gasteiger partial charge in [-0.05, 0) is 36.8 Å². The van der Waals surface area contributed by atoms with Gasteiger partial charge in [0.05, 0.1) is 11.3 Å². The number of nitrogens with one attached hydrogen (secondary N) is 1. The van der Waals surface area contributed by atoms with Crippen molar-refractivity contribution in [1.29, 1.82) is 0 Å². The molecule has 1 saturated carbocycles. The van der Waals surface area contributed by atoms with Crippen LogP contribution in [0.3, 0.4) is 0 Å². The van der Waals surface area contributed by atoms with Crippen LogP contribution in [0, 0.1) is 11.8 Å². The molecule has 3 unspecified atom stereocenters. The van der Waals surface area contributed by atoms with E-state index >= 15 is 0 Å². The zero-order valence-corrected chi connectivity index (χ0v) is 11.9. The third-order valence-electron chi connectivity index (χ3n) is 4.67. The lowest BCUT2D eigenvalue weighted by Crippen LogP contribution is -2.36. The molecule has 1 aromatic rings. The van der Waals surface area contributed by atoms with Crippen molar-refractivity contribution in [3.05, 3.63) is 29.8 Å². The van der Waals surface area contributed by atoms with Crippen LogP contribution in [0.25, 0.3) is 0 Å². The van der Waals surface area contributed by atoms with E-state index in [0.29, 0.717) is 19.0 Å². The van der Waals surface area contributed by atoms with Crippen LogP contribution in [-0.4, -0.2) is 30.1 Å². The molecule has 1 aliphatic heterocycles. The van der Waals surface area contributed by atoms with E-state index in [9.17, 15) is 18.0 Å². The molecule has 3 N–H and O–H groups in total. The summed E-state index contributed by atoms with van der Waals surface area (Å²) in [5.74, 6) is 0.641. The number of benzene rings is 1. The van der Waals surface area contributed by atoms with Crippen LogP contribution in [0.4, 0.5) is 23.7 Å². The molecule has 0 radical (unpaired) electrons. The van der Waals surface area contributed by atoms with Crippen molar-refractivity contribution in [3.63, 3.8) is 0 Å². The van der Waals surface area contributed by atoms with E-state index < -0.39 is 17.8 Å². The second-order valence-corrected chi connectivity index (χ2v) is 6.04. The Kier molecular flexibility index (Phi) is 3.76. The first-order valence-corrected chi connectivity index (χ1v) is 7.34. The fraction of sp³-hybridized carbons (Fsp3) is 0.533. The maximum Gasteiger partial charge on any atom is 0.418 e. The number of anilines is 1. The highest BCUT2D eigenvalue weighted by molar-refractivity contribution is 5.90. The second-order valence-electron chi connectivity index (χ2n) is 6.04. The smallest absolute Gasteiger partial charge is 0.327 e. The molecule has 0 bridgehead atoms. The van der Waals surface area contributed by atoms with Crippen LogP contribution in [0.15, 0.2) is 24.3 Å². The molecule has 2 aliphatic rings. The van der Waals surface area contributed by atoms with Crippen LogP contribution in [0.2, 0.25) is 0 Å². The number of alkyl halides is 3. The average molecular weight is 313 g/mol. The standard InChI is InChI=1S/C15H18F3N3O/c16-15(17,18)11-3-1-2-4-13(11)20-14(22)21-7-9-5-6-12(19)10(9)8-21/h1-4,9-10,12H,5-8,19H2,(H,20,22). The number of hydrogen-bond acceptors (Lipinski definition) is 2. The van der Waals surface area contributed by atoms with E-state index in [0.717, 1.165) is 18.9 Å². The minimum atomic E-state index is -4.49. The Hall–Kier alpha value is -1.76. The highest BCUT2D eigenvalue weighted by atomic mass is 19.4. The molecule has 2 fully saturated rings. The molecule has 1 aromatic carbocycles. The summed E-state index contributed by atoms with van der Waals surface area (Å²) in [4.78, 5) is 13.8. The summed E-state index contributed by atoms with van der Waals surface area (Å²) in [6.07, 6.45) is -2.55. The van der Waals surface area contributed by atoms with E-state index in [2.05, 4.69) is 5.32 Å². The van der Waals surface area contributed by atoms with Crippen molar-refractivity contribution in [2.75, 3.05) is 18.4 Å². The minimum Gasteiger partial charge on any atom is -0.327 e. The van der Waals surface area contributed by atoms with Crippen LogP contribution in [-0.2, 0) is 6.18 Å². The first kappa shape index (κ1) is 15.1. The van der Waals surface area contributed by atoms with E-state index in [1.807, 2.05) is 0 Å². The van der Waals surface area contributed by atoms with Gasteiger partial charge in [-0.2, -0.15) is 13.2 Å². The van der Waals surface area contributed by atoms with Crippen LogP contribution >= 0.6 is 0 Å². The lowest BCUT2D eigenvalue weighted by atomic mass is 9.98. The molecular formula is C15H18F3N3O. The topological polar surface area (TPSA) is 58.4 Å². The van der Waals surface area contributed by atoms with Gasteiger partial charge in [0.25, 0.3) is 0 Å². The van der Waals surface area contributed by atoms with Gasteiger partial charge in [-0.3, -0.25) is 0 Å². The van der Waals surface area contributed by atoms with E-state index in [4.69, 9.17) is 5.73 Å². The van der Waals surface area contributed by atoms with Gasteiger partial charge in [0.15, 0.2) is 0 Å². The quantitative estimate of drug-likeness (QED) is 0.837. The Morgan fingerprint density at radius 2 is 1.95 bits per heavy atom. The number of urea groups is 1. The number of nitrogens with zero attached hydrogens (tertiary/aromatic N) is 1. The zero-order chi connectivity index (χ0) is 15.9. The maximum atomic E-state index is 12.9. The van der Waals surface area contributed by atoms with Gasteiger partial charge in [-0.25, -0.2) is 4.79 Å². The third kappa shape index (κ3) is 2.77. The summed E-state index contributed by atoms with van der Waals surface area (Å²) < 4.78 is 38.8. The fourth-order valence-electron chi connectivity index (χ4n) is 3.51. The summed E-state index contributed by atoms with van der Waals surface area (Å²) in [5.41, 5.74) is 4.97. The summed E-state index contributed by atoms with van der Waals surface area (Å²) in [6, 6.07) is 4.61. The van der Waals surface area contributed by atoms with Gasteiger partial charge in [0.1, 0.15) is 0 Å². The molecular weight excluding hydrogens is 295 g/mol. The van der Waals surface area contributed by atoms with E-state index in [-0.39, 0.29) is 17.6 Å². The number of fused-ring (bicyclic) bond motifs is 1. The minimum absolute atomic E-state index is 0.0882. The molecule has 2 amide bonds. The van der Waals surface area contributed by atoms with Crippen molar-refractivity contribution < 1.29 is 18.0 Å². The Balaban J connectivity index is 1.71. The molecule has 1 saturated heterocycles. The van der Waals surface area contributed by atoms with Crippen molar-refractivity contribution >= 4 is 11.7 Å². The maximum absolute atomic E-state index is 12.9. The molecule has 1 heterocycles. The lowest BCUT2D eigenvalue weighted by Gasteiger charge is -2.21. The normalized spacial score (nSPS) is 27.8. The zero-order valence-electron chi connectivity index (χ0n) is 11.9. The van der Waals surface area contributed by atoms with Gasteiger partial charge >= 0.3 is 12.2 Å². The predicted octanol–water partition coefficient (Wildman–Crippen LogP) is 2.91. The first-order valence-electron chi connectivity index (χ1n) is 7.34. The number of nitrogens with two attached hydrogens (primary N) is 1. The molecule has 22 heavy (non-hydrogen) atoms. The molecule has 7 heteroatoms. The highest BCUT2D eigenvalue weighted by Gasteiger charge is 2.43. The molecule has 0 aromatic heterocycles. The van der Waals surface area contributed by atoms with Crippen molar-refractivity contribution in [2.45, 2.75) is 25.1 Å². The van der Waals surface area contributed by atoms with Crippen molar-refractivity contribution in [1.82, 2.24) is 4.90 Å². The van der Waals surface area contributed by atoms with Crippen molar-refractivity contribution in [3.8, 4) is 0 Å². The number of carbonyl (C=O) groups excluding carboxylic acids is 1. The summed E-state index contributed by atoms with van der Waals surface area (Å²) >= 11 is 0. The van der Waals surface area contributed by atoms with E-state index in [1.165, 1.54) is 18.2 Å². The van der Waals surface area contributed by atoms with Crippen LogP contribution < -0.4 is 11.1 Å². The van der Waals surface area contributed by atoms with Gasteiger partial charge in [-0.15, -0.1) is 0 Å². The number of halogens is 3. The van der Waals surface area contributed by atoms with Crippen LogP contribution in [0.5, 0.6) is 0 Å². The molecule has 4 nitrogen and oxygen atoms in total. The fourth-order valence-corrected chi connectivity index (χ4v) is 3.51. The van der Waals surface area contributed by atoms with Crippen LogP contribution in [0.1, 0.15) is 18.4 Å². The van der Waals surface area contributed by atoms with Gasteiger partial charge < -0.3 is 16.0 Å². The number of para-hydroxylation sites is 1. The molecule has 1 aliphatic carbocycles. The molecule has 120 valence electrons. The monoisotopic (exact) mass is 313 g/mol.